The Hall–Kier alpha value is -2.59. The molecule has 0 radical (unpaired) electrons. The second-order valence-corrected chi connectivity index (χ2v) is 11.6. The van der Waals surface area contributed by atoms with Gasteiger partial charge in [-0.15, -0.1) is 0 Å². The number of ether oxygens (including phenoxy) is 2. The Bertz CT molecular complexity index is 1360. The average Bonchev–Trinajstić information content (AvgIpc) is 3.18. The van der Waals surface area contributed by atoms with Crippen molar-refractivity contribution in [1.82, 2.24) is 13.8 Å². The molecule has 0 saturated carbocycles. The van der Waals surface area contributed by atoms with Crippen molar-refractivity contribution in [2.45, 2.75) is 29.2 Å². The molecule has 5 rings (SSSR count). The normalized spacial score (nSPS) is 20.8. The van der Waals surface area contributed by atoms with Crippen molar-refractivity contribution in [3.63, 3.8) is 0 Å². The van der Waals surface area contributed by atoms with E-state index in [0.29, 0.717) is 12.3 Å². The number of hydrogen-bond acceptors (Lipinski definition) is 6. The van der Waals surface area contributed by atoms with Gasteiger partial charge in [0.05, 0.1) is 37.3 Å². The van der Waals surface area contributed by atoms with Gasteiger partial charge in [-0.25, -0.2) is 8.42 Å². The number of methoxy groups -OCH3 is 2. The SMILES string of the molecule is COc1cccc(S(=O)(=O)N2CC3(CCN(C)CC3)c3c(n(C)c4cc(OC)ccc34)[C@@H]2CO)c1. The molecule has 1 saturated heterocycles. The van der Waals surface area contributed by atoms with Gasteiger partial charge in [-0.2, -0.15) is 4.31 Å². The van der Waals surface area contributed by atoms with Crippen LogP contribution in [0.25, 0.3) is 10.9 Å². The number of aromatic nitrogens is 1. The summed E-state index contributed by atoms with van der Waals surface area (Å²) in [5.41, 5.74) is 2.65. The first-order valence-corrected chi connectivity index (χ1v) is 13.3. The molecule has 1 N–H and O–H groups in total. The van der Waals surface area contributed by atoms with Crippen LogP contribution in [0.5, 0.6) is 11.5 Å². The smallest absolute Gasteiger partial charge is 0.243 e. The van der Waals surface area contributed by atoms with Crippen LogP contribution in [0, 0.1) is 0 Å². The van der Waals surface area contributed by atoms with E-state index in [4.69, 9.17) is 9.47 Å². The Morgan fingerprint density at radius 3 is 2.37 bits per heavy atom. The molecule has 0 amide bonds. The lowest BCUT2D eigenvalue weighted by Crippen LogP contribution is -2.55. The zero-order chi connectivity index (χ0) is 25.0. The molecule has 3 aromatic rings. The van der Waals surface area contributed by atoms with E-state index < -0.39 is 16.1 Å². The van der Waals surface area contributed by atoms with Crippen molar-refractivity contribution in [2.75, 3.05) is 47.5 Å². The number of likely N-dealkylation sites (tertiary alicyclic amines) is 1. The molecule has 3 heterocycles. The summed E-state index contributed by atoms with van der Waals surface area (Å²) in [6.45, 7) is 1.77. The molecule has 1 spiro atoms. The Morgan fingerprint density at radius 2 is 1.71 bits per heavy atom. The fourth-order valence-electron chi connectivity index (χ4n) is 5.92. The molecule has 188 valence electrons. The van der Waals surface area contributed by atoms with Gasteiger partial charge in [-0.05, 0) is 62.8 Å². The maximum Gasteiger partial charge on any atom is 0.243 e. The lowest BCUT2D eigenvalue weighted by atomic mass is 9.69. The molecule has 1 fully saturated rings. The largest absolute Gasteiger partial charge is 0.497 e. The summed E-state index contributed by atoms with van der Waals surface area (Å²) in [5, 5.41) is 11.7. The highest BCUT2D eigenvalue weighted by Gasteiger charge is 2.51. The summed E-state index contributed by atoms with van der Waals surface area (Å²) < 4.78 is 42.5. The minimum Gasteiger partial charge on any atom is -0.497 e. The van der Waals surface area contributed by atoms with Gasteiger partial charge in [0, 0.05) is 42.2 Å². The van der Waals surface area contributed by atoms with Crippen molar-refractivity contribution in [3.8, 4) is 11.5 Å². The first-order valence-electron chi connectivity index (χ1n) is 11.9. The van der Waals surface area contributed by atoms with E-state index in [1.165, 1.54) is 17.0 Å². The fraction of sp³-hybridized carbons (Fsp3) is 0.462. The van der Waals surface area contributed by atoms with Crippen LogP contribution < -0.4 is 9.47 Å². The van der Waals surface area contributed by atoms with Crippen LogP contribution in [0.15, 0.2) is 47.4 Å². The molecule has 0 aliphatic carbocycles. The second-order valence-electron chi connectivity index (χ2n) is 9.71. The fourth-order valence-corrected chi connectivity index (χ4v) is 7.62. The molecular weight excluding hydrogens is 466 g/mol. The van der Waals surface area contributed by atoms with E-state index in [1.807, 2.05) is 23.7 Å². The molecule has 0 bridgehead atoms. The summed E-state index contributed by atoms with van der Waals surface area (Å²) >= 11 is 0. The highest BCUT2D eigenvalue weighted by Crippen LogP contribution is 2.51. The Labute approximate surface area is 206 Å². The minimum absolute atomic E-state index is 0.169. The molecule has 8 nitrogen and oxygen atoms in total. The van der Waals surface area contributed by atoms with Gasteiger partial charge < -0.3 is 24.0 Å². The molecular formula is C26H33N3O5S. The number of aliphatic hydroxyl groups is 1. The van der Waals surface area contributed by atoms with Crippen molar-refractivity contribution in [3.05, 3.63) is 53.7 Å². The van der Waals surface area contributed by atoms with E-state index in [0.717, 1.165) is 48.3 Å². The third-order valence-corrected chi connectivity index (χ3v) is 9.72. The highest BCUT2D eigenvalue weighted by atomic mass is 32.2. The Kier molecular flexibility index (Phi) is 6.07. The molecule has 35 heavy (non-hydrogen) atoms. The molecule has 9 heteroatoms. The summed E-state index contributed by atoms with van der Waals surface area (Å²) in [6.07, 6.45) is 1.67. The maximum atomic E-state index is 14.1. The number of sulfonamides is 1. The van der Waals surface area contributed by atoms with Crippen molar-refractivity contribution in [2.24, 2.45) is 7.05 Å². The summed E-state index contributed by atoms with van der Waals surface area (Å²) in [5.74, 6) is 1.23. The highest BCUT2D eigenvalue weighted by molar-refractivity contribution is 7.89. The molecule has 2 aromatic carbocycles. The summed E-state index contributed by atoms with van der Waals surface area (Å²) in [4.78, 5) is 2.46. The van der Waals surface area contributed by atoms with Gasteiger partial charge in [-0.1, -0.05) is 6.07 Å². The minimum atomic E-state index is -3.91. The van der Waals surface area contributed by atoms with Gasteiger partial charge >= 0.3 is 0 Å². The van der Waals surface area contributed by atoms with Crippen LogP contribution >= 0.6 is 0 Å². The van der Waals surface area contributed by atoms with Crippen LogP contribution in [-0.4, -0.2) is 74.8 Å². The van der Waals surface area contributed by atoms with Crippen LogP contribution in [0.2, 0.25) is 0 Å². The quantitative estimate of drug-likeness (QED) is 0.581. The average molecular weight is 500 g/mol. The number of rotatable bonds is 5. The van der Waals surface area contributed by atoms with Crippen molar-refractivity contribution in [1.29, 1.82) is 0 Å². The molecule has 0 unspecified atom stereocenters. The molecule has 1 aromatic heterocycles. The molecule has 1 atom stereocenters. The predicted molar refractivity (Wildman–Crippen MR) is 135 cm³/mol. The summed E-state index contributed by atoms with van der Waals surface area (Å²) in [6, 6.07) is 11.9. The summed E-state index contributed by atoms with van der Waals surface area (Å²) in [7, 11) is 3.30. The van der Waals surface area contributed by atoms with Gasteiger partial charge in [0.1, 0.15) is 11.5 Å². The topological polar surface area (TPSA) is 84.2 Å². The number of aliphatic hydroxyl groups excluding tert-OH is 1. The molecule has 2 aliphatic heterocycles. The zero-order valence-corrected chi connectivity index (χ0v) is 21.5. The van der Waals surface area contributed by atoms with Crippen LogP contribution in [0.3, 0.4) is 0 Å². The van der Waals surface area contributed by atoms with Gasteiger partial charge in [0.25, 0.3) is 0 Å². The zero-order valence-electron chi connectivity index (χ0n) is 20.7. The Morgan fingerprint density at radius 1 is 1.03 bits per heavy atom. The van der Waals surface area contributed by atoms with Gasteiger partial charge in [0.15, 0.2) is 0 Å². The number of benzene rings is 2. The standard InChI is InChI=1S/C26H33N3O5S/c1-27-12-10-26(11-13-27)17-29(35(31,32)20-7-5-6-18(14-20)33-3)23(16-30)25-24(26)21-9-8-19(34-4)15-22(21)28(25)2/h5-9,14-15,23,30H,10-13,16-17H2,1-4H3/t23-/m0/s1. The van der Waals surface area contributed by atoms with Gasteiger partial charge in [-0.3, -0.25) is 0 Å². The second kappa shape index (κ2) is 8.81. The Balaban J connectivity index is 1.75. The van der Waals surface area contributed by atoms with Crippen LogP contribution in [-0.2, 0) is 22.5 Å². The lowest BCUT2D eigenvalue weighted by molar-refractivity contribution is 0.103. The van der Waals surface area contributed by atoms with E-state index >= 15 is 0 Å². The van der Waals surface area contributed by atoms with Gasteiger partial charge in [0.2, 0.25) is 10.0 Å². The third-order valence-electron chi connectivity index (χ3n) is 7.87. The number of hydrogen-bond donors (Lipinski definition) is 1. The lowest BCUT2D eigenvalue weighted by Gasteiger charge is -2.49. The molecule has 2 aliphatic rings. The first-order chi connectivity index (χ1) is 16.8. The van der Waals surface area contributed by atoms with Crippen molar-refractivity contribution < 1.29 is 23.0 Å². The number of aryl methyl sites for hydroxylation is 1. The monoisotopic (exact) mass is 499 g/mol. The number of fused-ring (bicyclic) bond motifs is 4. The van der Waals surface area contributed by atoms with Crippen LogP contribution in [0.4, 0.5) is 0 Å². The van der Waals surface area contributed by atoms with E-state index in [1.54, 1.807) is 31.4 Å². The van der Waals surface area contributed by atoms with E-state index in [-0.39, 0.29) is 16.9 Å². The maximum absolute atomic E-state index is 14.1. The number of nitrogens with zero attached hydrogens (tertiary/aromatic N) is 3. The predicted octanol–water partition coefficient (Wildman–Crippen LogP) is 2.90. The first kappa shape index (κ1) is 24.1. The van der Waals surface area contributed by atoms with Crippen molar-refractivity contribution >= 4 is 20.9 Å². The van der Waals surface area contributed by atoms with Crippen LogP contribution in [0.1, 0.15) is 30.1 Å². The third kappa shape index (κ3) is 3.72. The van der Waals surface area contributed by atoms with E-state index in [9.17, 15) is 13.5 Å². The van der Waals surface area contributed by atoms with E-state index in [2.05, 4.69) is 18.0 Å². The number of piperidine rings is 1.